The van der Waals surface area contributed by atoms with E-state index in [0.717, 1.165) is 22.6 Å². The third kappa shape index (κ3) is 4.17. The first kappa shape index (κ1) is 17.3. The molecule has 2 aromatic carbocycles. The summed E-state index contributed by atoms with van der Waals surface area (Å²) in [5.74, 6) is 1.11. The molecule has 2 amide bonds. The van der Waals surface area contributed by atoms with Crippen LogP contribution in [0.2, 0.25) is 0 Å². The molecule has 4 rings (SSSR count). The molecule has 3 aromatic rings. The van der Waals surface area contributed by atoms with Crippen LogP contribution in [0.15, 0.2) is 47.8 Å². The molecule has 6 nitrogen and oxygen atoms in total. The number of benzene rings is 2. The van der Waals surface area contributed by atoms with Gasteiger partial charge in [0.1, 0.15) is 19.0 Å². The van der Waals surface area contributed by atoms with E-state index in [4.69, 9.17) is 9.47 Å². The van der Waals surface area contributed by atoms with Crippen molar-refractivity contribution in [2.24, 2.45) is 0 Å². The molecule has 27 heavy (non-hydrogen) atoms. The summed E-state index contributed by atoms with van der Waals surface area (Å²) in [7, 11) is 0. The Morgan fingerprint density at radius 3 is 2.70 bits per heavy atom. The number of nitrogens with one attached hydrogen (secondary N) is 2. The molecule has 0 unspecified atom stereocenters. The summed E-state index contributed by atoms with van der Waals surface area (Å²) >= 11 is 1.33. The average molecular weight is 385 g/mol. The van der Waals surface area contributed by atoms with Crippen LogP contribution in [0.3, 0.4) is 0 Å². The molecule has 1 aliphatic heterocycles. The first-order chi connectivity index (χ1) is 13.2. The van der Waals surface area contributed by atoms with Crippen LogP contribution in [0.25, 0.3) is 11.3 Å². The van der Waals surface area contributed by atoms with Crippen molar-refractivity contribution in [3.05, 3.63) is 59.2 Å². The van der Waals surface area contributed by atoms with Crippen molar-refractivity contribution in [1.29, 1.82) is 0 Å². The quantitative estimate of drug-likeness (QED) is 0.711. The minimum Gasteiger partial charge on any atom is -0.486 e. The van der Waals surface area contributed by atoms with Gasteiger partial charge in [-0.3, -0.25) is 5.32 Å². The Kier molecular flexibility index (Phi) is 4.88. The number of anilines is 1. The predicted octanol–water partition coefficient (Wildman–Crippen LogP) is 4.04. The van der Waals surface area contributed by atoms with Crippen molar-refractivity contribution in [2.45, 2.75) is 6.54 Å². The van der Waals surface area contributed by atoms with Gasteiger partial charge >= 0.3 is 6.03 Å². The molecule has 0 spiro atoms. The standard InChI is InChI=1S/C19H16FN3O3S/c20-14-4-1-12(2-5-14)10-21-18(24)23-19-22-15(11-27-19)13-3-6-16-17(9-13)26-8-7-25-16/h1-6,9,11H,7-8,10H2,(H2,21,22,23,24). The molecule has 0 saturated heterocycles. The lowest BCUT2D eigenvalue weighted by molar-refractivity contribution is 0.171. The van der Waals surface area contributed by atoms with Gasteiger partial charge in [-0.05, 0) is 35.9 Å². The number of amides is 2. The number of carbonyl (C=O) groups excluding carboxylic acids is 1. The van der Waals surface area contributed by atoms with Crippen molar-refractivity contribution in [1.82, 2.24) is 10.3 Å². The molecular weight excluding hydrogens is 369 g/mol. The predicted molar refractivity (Wildman–Crippen MR) is 101 cm³/mol. The summed E-state index contributed by atoms with van der Waals surface area (Å²) in [6, 6.07) is 11.2. The molecule has 138 valence electrons. The number of rotatable bonds is 4. The number of aromatic nitrogens is 1. The van der Waals surface area contributed by atoms with E-state index < -0.39 is 0 Å². The Balaban J connectivity index is 1.37. The van der Waals surface area contributed by atoms with E-state index in [1.54, 1.807) is 12.1 Å². The molecule has 2 heterocycles. The number of halogens is 1. The monoisotopic (exact) mass is 385 g/mol. The molecule has 2 N–H and O–H groups in total. The zero-order valence-corrected chi connectivity index (χ0v) is 15.0. The lowest BCUT2D eigenvalue weighted by Gasteiger charge is -2.18. The second kappa shape index (κ2) is 7.63. The maximum atomic E-state index is 12.9. The van der Waals surface area contributed by atoms with Gasteiger partial charge in [-0.25, -0.2) is 14.2 Å². The maximum absolute atomic E-state index is 12.9. The van der Waals surface area contributed by atoms with E-state index in [1.807, 2.05) is 23.6 Å². The fourth-order valence-corrected chi connectivity index (χ4v) is 3.31. The van der Waals surface area contributed by atoms with Gasteiger partial charge in [-0.1, -0.05) is 12.1 Å². The lowest BCUT2D eigenvalue weighted by atomic mass is 10.1. The van der Waals surface area contributed by atoms with Crippen LogP contribution < -0.4 is 20.1 Å². The summed E-state index contributed by atoms with van der Waals surface area (Å²) < 4.78 is 24.0. The van der Waals surface area contributed by atoms with Gasteiger partial charge in [-0.15, -0.1) is 11.3 Å². The summed E-state index contributed by atoms with van der Waals surface area (Å²) in [5.41, 5.74) is 2.43. The number of ether oxygens (including phenoxy) is 2. The molecule has 0 fully saturated rings. The van der Waals surface area contributed by atoms with Crippen LogP contribution in [-0.2, 0) is 6.54 Å². The van der Waals surface area contributed by atoms with E-state index in [0.29, 0.717) is 30.6 Å². The summed E-state index contributed by atoms with van der Waals surface area (Å²) in [6.45, 7) is 1.37. The Hall–Kier alpha value is -3.13. The number of hydrogen-bond acceptors (Lipinski definition) is 5. The minimum absolute atomic E-state index is 0.298. The second-order valence-corrected chi connectivity index (χ2v) is 6.69. The van der Waals surface area contributed by atoms with E-state index in [1.165, 1.54) is 23.5 Å². The zero-order chi connectivity index (χ0) is 18.6. The van der Waals surface area contributed by atoms with E-state index in [2.05, 4.69) is 15.6 Å². The molecule has 1 aromatic heterocycles. The van der Waals surface area contributed by atoms with Crippen LogP contribution in [0.4, 0.5) is 14.3 Å². The van der Waals surface area contributed by atoms with Crippen LogP contribution in [0, 0.1) is 5.82 Å². The van der Waals surface area contributed by atoms with Crippen LogP contribution in [-0.4, -0.2) is 24.2 Å². The average Bonchev–Trinajstić information content (AvgIpc) is 3.15. The Labute approximate surface area is 159 Å². The zero-order valence-electron chi connectivity index (χ0n) is 14.2. The van der Waals surface area contributed by atoms with Gasteiger partial charge < -0.3 is 14.8 Å². The number of fused-ring (bicyclic) bond motifs is 1. The largest absolute Gasteiger partial charge is 0.486 e. The number of urea groups is 1. The van der Waals surface area contributed by atoms with Crippen molar-refractivity contribution in [3.8, 4) is 22.8 Å². The highest BCUT2D eigenvalue weighted by molar-refractivity contribution is 7.14. The SMILES string of the molecule is O=C(NCc1ccc(F)cc1)Nc1nc(-c2ccc3c(c2)OCCO3)cs1. The maximum Gasteiger partial charge on any atom is 0.321 e. The van der Waals surface area contributed by atoms with Gasteiger partial charge in [0.25, 0.3) is 0 Å². The summed E-state index contributed by atoms with van der Waals surface area (Å²) in [4.78, 5) is 16.5. The van der Waals surface area contributed by atoms with Crippen molar-refractivity contribution in [2.75, 3.05) is 18.5 Å². The van der Waals surface area contributed by atoms with Crippen molar-refractivity contribution in [3.63, 3.8) is 0 Å². The molecule has 0 radical (unpaired) electrons. The second-order valence-electron chi connectivity index (χ2n) is 5.83. The van der Waals surface area contributed by atoms with Crippen molar-refractivity contribution >= 4 is 22.5 Å². The number of carbonyl (C=O) groups is 1. The van der Waals surface area contributed by atoms with Gasteiger partial charge in [0, 0.05) is 17.5 Å². The molecular formula is C19H16FN3O3S. The number of nitrogens with zero attached hydrogens (tertiary/aromatic N) is 1. The van der Waals surface area contributed by atoms with Gasteiger partial charge in [0.05, 0.1) is 5.69 Å². The first-order valence-electron chi connectivity index (χ1n) is 8.32. The third-order valence-electron chi connectivity index (χ3n) is 3.93. The molecule has 0 atom stereocenters. The fraction of sp³-hybridized carbons (Fsp3) is 0.158. The smallest absolute Gasteiger partial charge is 0.321 e. The van der Waals surface area contributed by atoms with Crippen LogP contribution in [0.1, 0.15) is 5.56 Å². The topological polar surface area (TPSA) is 72.5 Å². The van der Waals surface area contributed by atoms with Gasteiger partial charge in [0.15, 0.2) is 16.6 Å². The highest BCUT2D eigenvalue weighted by Crippen LogP contribution is 2.35. The van der Waals surface area contributed by atoms with Gasteiger partial charge in [-0.2, -0.15) is 0 Å². The molecule has 0 aliphatic carbocycles. The van der Waals surface area contributed by atoms with Crippen molar-refractivity contribution < 1.29 is 18.7 Å². The molecule has 8 heteroatoms. The Bertz CT molecular complexity index is 959. The van der Waals surface area contributed by atoms with Crippen LogP contribution in [0.5, 0.6) is 11.5 Å². The molecule has 1 aliphatic rings. The number of thiazole rings is 1. The van der Waals surface area contributed by atoms with E-state index in [9.17, 15) is 9.18 Å². The molecule has 0 bridgehead atoms. The van der Waals surface area contributed by atoms with E-state index >= 15 is 0 Å². The minimum atomic E-state index is -0.373. The van der Waals surface area contributed by atoms with Gasteiger partial charge in [0.2, 0.25) is 0 Å². The Morgan fingerprint density at radius 2 is 1.89 bits per heavy atom. The molecule has 0 saturated carbocycles. The highest BCUT2D eigenvalue weighted by Gasteiger charge is 2.14. The number of hydrogen-bond donors (Lipinski definition) is 2. The fourth-order valence-electron chi connectivity index (χ4n) is 2.59. The first-order valence-corrected chi connectivity index (χ1v) is 9.20. The summed E-state index contributed by atoms with van der Waals surface area (Å²) in [5, 5.41) is 7.76. The summed E-state index contributed by atoms with van der Waals surface area (Å²) in [6.07, 6.45) is 0. The van der Waals surface area contributed by atoms with Crippen LogP contribution >= 0.6 is 11.3 Å². The Morgan fingerprint density at radius 1 is 1.11 bits per heavy atom. The van der Waals surface area contributed by atoms with E-state index in [-0.39, 0.29) is 11.8 Å². The highest BCUT2D eigenvalue weighted by atomic mass is 32.1. The normalized spacial score (nSPS) is 12.5. The lowest BCUT2D eigenvalue weighted by Crippen LogP contribution is -2.28. The third-order valence-corrected chi connectivity index (χ3v) is 4.69.